The van der Waals surface area contributed by atoms with Gasteiger partial charge in [-0.3, -0.25) is 4.98 Å². The van der Waals surface area contributed by atoms with Crippen LogP contribution < -0.4 is 4.90 Å². The zero-order chi connectivity index (χ0) is 20.3. The van der Waals surface area contributed by atoms with Crippen molar-refractivity contribution in [3.63, 3.8) is 0 Å². The van der Waals surface area contributed by atoms with Gasteiger partial charge in [0.25, 0.3) is 0 Å². The number of nitrogens with zero attached hydrogens (tertiary/aromatic N) is 2. The maximum atomic E-state index is 12.3. The molecule has 144 valence electrons. The normalized spacial score (nSPS) is 16.1. The first-order valence-corrected chi connectivity index (χ1v) is 9.96. The molecule has 0 aliphatic carbocycles. The highest BCUT2D eigenvalue weighted by molar-refractivity contribution is 5.99. The fourth-order valence-electron chi connectivity index (χ4n) is 3.94. The number of rotatable bonds is 4. The smallest absolute Gasteiger partial charge is 0.147 e. The number of hydrogen-bond acceptors (Lipinski definition) is 3. The van der Waals surface area contributed by atoms with Gasteiger partial charge in [0.15, 0.2) is 0 Å². The number of pyridine rings is 1. The molecule has 0 saturated carbocycles. The van der Waals surface area contributed by atoms with E-state index in [0.29, 0.717) is 0 Å². The molecule has 1 atom stereocenters. The van der Waals surface area contributed by atoms with E-state index in [9.17, 15) is 4.79 Å². The van der Waals surface area contributed by atoms with Gasteiger partial charge < -0.3 is 9.69 Å². The third-order valence-electron chi connectivity index (χ3n) is 5.43. The third-order valence-corrected chi connectivity index (χ3v) is 5.43. The second-order valence-electron chi connectivity index (χ2n) is 7.28. The standard InChI is InChI=1S/C27H20N2O/c30-19-27-25(22-14-13-20-8-4-5-9-21(20)16-22)17-23(26-12-6-7-15-28-26)18-29(27)24-10-2-1-3-11-24/h1-19,27H. The van der Waals surface area contributed by atoms with Crippen LogP contribution in [0.15, 0.2) is 109 Å². The van der Waals surface area contributed by atoms with Crippen molar-refractivity contribution in [2.75, 3.05) is 4.90 Å². The summed E-state index contributed by atoms with van der Waals surface area (Å²) in [6, 6.07) is 30.1. The molecule has 3 nitrogen and oxygen atoms in total. The van der Waals surface area contributed by atoms with E-state index in [1.807, 2.05) is 71.8 Å². The molecule has 4 aromatic rings. The Hall–Kier alpha value is -3.98. The Labute approximate surface area is 175 Å². The Bertz CT molecular complexity index is 1260. The Morgan fingerprint density at radius 3 is 2.33 bits per heavy atom. The van der Waals surface area contributed by atoms with Gasteiger partial charge in [-0.25, -0.2) is 0 Å². The number of hydrogen-bond donors (Lipinski definition) is 0. The molecule has 5 rings (SSSR count). The van der Waals surface area contributed by atoms with E-state index in [4.69, 9.17) is 0 Å². The first-order valence-electron chi connectivity index (χ1n) is 9.96. The minimum Gasteiger partial charge on any atom is -0.333 e. The molecular formula is C27H20N2O. The summed E-state index contributed by atoms with van der Waals surface area (Å²) in [5, 5.41) is 2.33. The van der Waals surface area contributed by atoms with E-state index in [0.717, 1.165) is 39.8 Å². The topological polar surface area (TPSA) is 33.2 Å². The molecule has 3 heteroatoms. The monoisotopic (exact) mass is 388 g/mol. The van der Waals surface area contributed by atoms with Crippen molar-refractivity contribution in [2.24, 2.45) is 0 Å². The Kier molecular flexibility index (Phi) is 4.70. The fourth-order valence-corrected chi connectivity index (χ4v) is 3.94. The van der Waals surface area contributed by atoms with Gasteiger partial charge in [0.1, 0.15) is 12.3 Å². The lowest BCUT2D eigenvalue weighted by Gasteiger charge is -2.33. The van der Waals surface area contributed by atoms with Gasteiger partial charge in [-0.1, -0.05) is 60.7 Å². The van der Waals surface area contributed by atoms with Crippen molar-refractivity contribution in [1.82, 2.24) is 4.98 Å². The number of aromatic nitrogens is 1. The summed E-state index contributed by atoms with van der Waals surface area (Å²) in [5.74, 6) is 0. The molecule has 1 aliphatic rings. The minimum absolute atomic E-state index is 0.416. The van der Waals surface area contributed by atoms with E-state index in [1.165, 1.54) is 5.39 Å². The zero-order valence-electron chi connectivity index (χ0n) is 16.3. The fraction of sp³-hybridized carbons (Fsp3) is 0.0370. The zero-order valence-corrected chi connectivity index (χ0v) is 16.3. The highest BCUT2D eigenvalue weighted by Crippen LogP contribution is 2.35. The molecule has 0 amide bonds. The average Bonchev–Trinajstić information content (AvgIpc) is 2.84. The van der Waals surface area contributed by atoms with Crippen LogP contribution in [-0.2, 0) is 4.79 Å². The largest absolute Gasteiger partial charge is 0.333 e. The first-order chi connectivity index (χ1) is 14.8. The summed E-state index contributed by atoms with van der Waals surface area (Å²) in [5.41, 5.74) is 4.81. The van der Waals surface area contributed by atoms with E-state index in [2.05, 4.69) is 41.4 Å². The molecule has 1 aliphatic heterocycles. The Morgan fingerprint density at radius 2 is 1.57 bits per heavy atom. The number of aldehydes is 1. The second kappa shape index (κ2) is 7.80. The first kappa shape index (κ1) is 18.1. The molecule has 0 N–H and O–H groups in total. The van der Waals surface area contributed by atoms with Gasteiger partial charge in [0.05, 0.1) is 5.69 Å². The van der Waals surface area contributed by atoms with Crippen LogP contribution in [0.2, 0.25) is 0 Å². The van der Waals surface area contributed by atoms with Crippen LogP contribution in [0, 0.1) is 0 Å². The molecule has 1 aromatic heterocycles. The van der Waals surface area contributed by atoms with Crippen molar-refractivity contribution >= 4 is 33.9 Å². The highest BCUT2D eigenvalue weighted by Gasteiger charge is 2.27. The lowest BCUT2D eigenvalue weighted by molar-refractivity contribution is -0.107. The average molecular weight is 388 g/mol. The van der Waals surface area contributed by atoms with E-state index >= 15 is 0 Å². The predicted molar refractivity (Wildman–Crippen MR) is 123 cm³/mol. The molecule has 2 heterocycles. The van der Waals surface area contributed by atoms with Gasteiger partial charge in [-0.2, -0.15) is 0 Å². The number of carbonyl (C=O) groups excluding carboxylic acids is 1. The highest BCUT2D eigenvalue weighted by atomic mass is 16.1. The summed E-state index contributed by atoms with van der Waals surface area (Å²) in [6.07, 6.45) is 6.91. The molecule has 30 heavy (non-hydrogen) atoms. The predicted octanol–water partition coefficient (Wildman–Crippen LogP) is 5.75. The summed E-state index contributed by atoms with van der Waals surface area (Å²) >= 11 is 0. The van der Waals surface area contributed by atoms with E-state index in [-0.39, 0.29) is 0 Å². The van der Waals surface area contributed by atoms with Gasteiger partial charge in [0.2, 0.25) is 0 Å². The van der Waals surface area contributed by atoms with Gasteiger partial charge in [-0.15, -0.1) is 0 Å². The van der Waals surface area contributed by atoms with Crippen LogP contribution in [-0.4, -0.2) is 17.3 Å². The molecule has 0 fully saturated rings. The molecular weight excluding hydrogens is 368 g/mol. The number of fused-ring (bicyclic) bond motifs is 1. The van der Waals surface area contributed by atoms with Crippen LogP contribution >= 0.6 is 0 Å². The van der Waals surface area contributed by atoms with E-state index in [1.54, 1.807) is 6.20 Å². The molecule has 0 spiro atoms. The summed E-state index contributed by atoms with van der Waals surface area (Å²) < 4.78 is 0. The summed E-state index contributed by atoms with van der Waals surface area (Å²) in [7, 11) is 0. The van der Waals surface area contributed by atoms with Gasteiger partial charge in [0, 0.05) is 23.7 Å². The molecule has 0 bridgehead atoms. The van der Waals surface area contributed by atoms with Crippen molar-refractivity contribution < 1.29 is 4.79 Å². The Balaban J connectivity index is 1.69. The maximum Gasteiger partial charge on any atom is 0.147 e. The third kappa shape index (κ3) is 3.31. The van der Waals surface area contributed by atoms with Crippen LogP contribution in [0.25, 0.3) is 21.9 Å². The molecule has 3 aromatic carbocycles. The number of carbonyl (C=O) groups is 1. The quantitative estimate of drug-likeness (QED) is 0.418. The Morgan fingerprint density at radius 1 is 0.800 bits per heavy atom. The number of anilines is 1. The molecule has 0 radical (unpaired) electrons. The molecule has 0 saturated heterocycles. The van der Waals surface area contributed by atoms with Crippen molar-refractivity contribution in [3.05, 3.63) is 121 Å². The maximum absolute atomic E-state index is 12.3. The van der Waals surface area contributed by atoms with Crippen LogP contribution in [0.5, 0.6) is 0 Å². The van der Waals surface area contributed by atoms with Crippen molar-refractivity contribution in [3.8, 4) is 0 Å². The number of allylic oxidation sites excluding steroid dienone is 2. The lowest BCUT2D eigenvalue weighted by atomic mass is 9.90. The van der Waals surface area contributed by atoms with Crippen molar-refractivity contribution in [1.29, 1.82) is 0 Å². The summed E-state index contributed by atoms with van der Waals surface area (Å²) in [6.45, 7) is 0. The van der Waals surface area contributed by atoms with Crippen LogP contribution in [0.1, 0.15) is 11.3 Å². The van der Waals surface area contributed by atoms with Gasteiger partial charge >= 0.3 is 0 Å². The van der Waals surface area contributed by atoms with Crippen LogP contribution in [0.4, 0.5) is 5.69 Å². The number of benzene rings is 3. The molecule has 1 unspecified atom stereocenters. The van der Waals surface area contributed by atoms with E-state index < -0.39 is 6.04 Å². The number of para-hydroxylation sites is 1. The SMILES string of the molecule is O=CC1C(c2ccc3ccccc3c2)=CC(c2ccccn2)=CN1c1ccccc1. The van der Waals surface area contributed by atoms with Crippen LogP contribution in [0.3, 0.4) is 0 Å². The summed E-state index contributed by atoms with van der Waals surface area (Å²) in [4.78, 5) is 18.9. The van der Waals surface area contributed by atoms with Gasteiger partial charge in [-0.05, 0) is 58.3 Å². The van der Waals surface area contributed by atoms with Crippen molar-refractivity contribution in [2.45, 2.75) is 6.04 Å². The second-order valence-corrected chi connectivity index (χ2v) is 7.28. The lowest BCUT2D eigenvalue weighted by Crippen LogP contribution is -2.35. The minimum atomic E-state index is -0.416.